The van der Waals surface area contributed by atoms with Crippen molar-refractivity contribution in [3.63, 3.8) is 0 Å². The molecule has 0 radical (unpaired) electrons. The quantitative estimate of drug-likeness (QED) is 0.503. The van der Waals surface area contributed by atoms with Gasteiger partial charge in [0, 0.05) is 11.8 Å². The van der Waals surface area contributed by atoms with Gasteiger partial charge in [0.2, 0.25) is 0 Å². The molecule has 0 aliphatic carbocycles. The number of aliphatic carboxylic acids is 1. The number of benzene rings is 1. The lowest BCUT2D eigenvalue weighted by Crippen LogP contribution is -2.18. The minimum Gasteiger partial charge on any atom is -0.507 e. The number of nitrogens with zero attached hydrogens (tertiary/aromatic N) is 1. The summed E-state index contributed by atoms with van der Waals surface area (Å²) < 4.78 is 0. The van der Waals surface area contributed by atoms with Gasteiger partial charge in [0.05, 0.1) is 0 Å². The third-order valence-corrected chi connectivity index (χ3v) is 2.55. The Kier molecular flexibility index (Phi) is 5.87. The first-order valence-electron chi connectivity index (χ1n) is 5.89. The van der Waals surface area contributed by atoms with Gasteiger partial charge in [-0.05, 0) is 37.9 Å². The van der Waals surface area contributed by atoms with Crippen LogP contribution in [0.3, 0.4) is 0 Å². The van der Waals surface area contributed by atoms with Crippen LogP contribution in [-0.4, -0.2) is 35.0 Å². The molecule has 1 rings (SSSR count). The van der Waals surface area contributed by atoms with Gasteiger partial charge in [-0.1, -0.05) is 12.1 Å². The molecule has 1 aromatic carbocycles. The largest absolute Gasteiger partial charge is 0.507 e. The van der Waals surface area contributed by atoms with E-state index in [1.54, 1.807) is 18.2 Å². The summed E-state index contributed by atoms with van der Waals surface area (Å²) in [4.78, 5) is 15.0. The van der Waals surface area contributed by atoms with Gasteiger partial charge in [-0.15, -0.1) is 0 Å². The van der Waals surface area contributed by atoms with Crippen molar-refractivity contribution in [1.29, 1.82) is 0 Å². The molecule has 4 N–H and O–H groups in total. The number of aromatic hydroxyl groups is 1. The van der Waals surface area contributed by atoms with E-state index >= 15 is 0 Å². The molecule has 0 amide bonds. The van der Waals surface area contributed by atoms with Crippen LogP contribution in [0.15, 0.2) is 29.3 Å². The van der Waals surface area contributed by atoms with E-state index in [9.17, 15) is 9.90 Å². The fraction of sp³-hybridized carbons (Fsp3) is 0.385. The molecule has 1 unspecified atom stereocenters. The Hall–Kier alpha value is -1.88. The van der Waals surface area contributed by atoms with E-state index in [0.717, 1.165) is 12.8 Å². The van der Waals surface area contributed by atoms with Crippen molar-refractivity contribution in [2.75, 3.05) is 6.54 Å². The maximum absolute atomic E-state index is 11.0. The highest BCUT2D eigenvalue weighted by Gasteiger charge is 2.14. The number of para-hydroxylation sites is 1. The molecule has 98 valence electrons. The maximum atomic E-state index is 11.0. The number of carbonyl (C=O) groups is 1. The van der Waals surface area contributed by atoms with Gasteiger partial charge >= 0.3 is 5.97 Å². The zero-order chi connectivity index (χ0) is 13.4. The van der Waals surface area contributed by atoms with Gasteiger partial charge in [-0.3, -0.25) is 4.99 Å². The average Bonchev–Trinajstić information content (AvgIpc) is 2.35. The highest BCUT2D eigenvalue weighted by atomic mass is 16.4. The smallest absolute Gasteiger partial charge is 0.328 e. The fourth-order valence-corrected chi connectivity index (χ4v) is 1.51. The van der Waals surface area contributed by atoms with Crippen LogP contribution in [-0.2, 0) is 4.79 Å². The maximum Gasteiger partial charge on any atom is 0.328 e. The Morgan fingerprint density at radius 3 is 2.72 bits per heavy atom. The van der Waals surface area contributed by atoms with Crippen molar-refractivity contribution >= 4 is 12.2 Å². The lowest BCUT2D eigenvalue weighted by molar-refractivity contribution is -0.138. The molecule has 5 heteroatoms. The number of rotatable bonds is 7. The standard InChI is InChI=1S/C13H18N2O3/c14-8-4-3-6-11(13(17)18)15-9-10-5-1-2-7-12(10)16/h1-2,5,7,9,11,16H,3-4,6,8,14H2,(H,17,18). The molecule has 1 aromatic rings. The summed E-state index contributed by atoms with van der Waals surface area (Å²) >= 11 is 0. The summed E-state index contributed by atoms with van der Waals surface area (Å²) in [5, 5.41) is 18.5. The van der Waals surface area contributed by atoms with E-state index in [2.05, 4.69) is 4.99 Å². The zero-order valence-corrected chi connectivity index (χ0v) is 10.1. The van der Waals surface area contributed by atoms with E-state index < -0.39 is 12.0 Å². The van der Waals surface area contributed by atoms with Crippen LogP contribution in [0.2, 0.25) is 0 Å². The predicted molar refractivity (Wildman–Crippen MR) is 70.0 cm³/mol. The highest BCUT2D eigenvalue weighted by Crippen LogP contribution is 2.14. The summed E-state index contributed by atoms with van der Waals surface area (Å²) in [5.41, 5.74) is 5.87. The summed E-state index contributed by atoms with van der Waals surface area (Å²) in [6, 6.07) is 5.88. The molecule has 0 heterocycles. The van der Waals surface area contributed by atoms with E-state index in [0.29, 0.717) is 18.5 Å². The topological polar surface area (TPSA) is 95.9 Å². The van der Waals surface area contributed by atoms with Gasteiger partial charge in [-0.2, -0.15) is 0 Å². The first-order valence-corrected chi connectivity index (χ1v) is 5.89. The molecule has 0 spiro atoms. The van der Waals surface area contributed by atoms with E-state index in [4.69, 9.17) is 10.8 Å². The minimum absolute atomic E-state index is 0.0901. The Labute approximate surface area is 106 Å². The van der Waals surface area contributed by atoms with E-state index in [-0.39, 0.29) is 5.75 Å². The third-order valence-electron chi connectivity index (χ3n) is 2.55. The van der Waals surface area contributed by atoms with Gasteiger partial charge < -0.3 is 15.9 Å². The number of carboxylic acid groups (broad SMARTS) is 1. The first-order chi connectivity index (χ1) is 8.65. The number of unbranched alkanes of at least 4 members (excludes halogenated alkanes) is 1. The minimum atomic E-state index is -0.960. The van der Waals surface area contributed by atoms with Gasteiger partial charge in [0.25, 0.3) is 0 Å². The molecule has 0 fully saturated rings. The lowest BCUT2D eigenvalue weighted by atomic mass is 10.1. The molecule has 0 saturated heterocycles. The number of carboxylic acids is 1. The second-order valence-corrected chi connectivity index (χ2v) is 3.98. The molecule has 18 heavy (non-hydrogen) atoms. The van der Waals surface area contributed by atoms with Crippen molar-refractivity contribution in [2.24, 2.45) is 10.7 Å². The van der Waals surface area contributed by atoms with Crippen LogP contribution in [0.5, 0.6) is 5.75 Å². The summed E-state index contributed by atoms with van der Waals surface area (Å²) in [6.45, 7) is 0.551. The zero-order valence-electron chi connectivity index (χ0n) is 10.1. The molecular formula is C13H18N2O3. The lowest BCUT2D eigenvalue weighted by Gasteiger charge is -2.06. The highest BCUT2D eigenvalue weighted by molar-refractivity contribution is 5.85. The van der Waals surface area contributed by atoms with Crippen LogP contribution >= 0.6 is 0 Å². The molecule has 0 aliphatic rings. The number of hydrogen-bond acceptors (Lipinski definition) is 4. The van der Waals surface area contributed by atoms with Crippen molar-refractivity contribution < 1.29 is 15.0 Å². The normalized spacial score (nSPS) is 12.7. The molecule has 0 aromatic heterocycles. The van der Waals surface area contributed by atoms with E-state index in [1.165, 1.54) is 12.3 Å². The molecule has 0 bridgehead atoms. The number of phenols is 1. The monoisotopic (exact) mass is 250 g/mol. The molecule has 5 nitrogen and oxygen atoms in total. The van der Waals surface area contributed by atoms with Gasteiger partial charge in [0.15, 0.2) is 0 Å². The second-order valence-electron chi connectivity index (χ2n) is 3.98. The summed E-state index contributed by atoms with van der Waals surface area (Å²) in [6.07, 6.45) is 3.37. The Morgan fingerprint density at radius 2 is 2.11 bits per heavy atom. The Balaban J connectivity index is 2.66. The molecule has 1 atom stereocenters. The molecular weight excluding hydrogens is 232 g/mol. The van der Waals surface area contributed by atoms with Crippen molar-refractivity contribution in [2.45, 2.75) is 25.3 Å². The van der Waals surface area contributed by atoms with Crippen molar-refractivity contribution in [3.8, 4) is 5.75 Å². The number of phenolic OH excluding ortho intramolecular Hbond substituents is 1. The van der Waals surface area contributed by atoms with Crippen LogP contribution in [0.4, 0.5) is 0 Å². The van der Waals surface area contributed by atoms with Crippen LogP contribution in [0, 0.1) is 0 Å². The summed E-state index contributed by atoms with van der Waals surface area (Å²) in [5.74, 6) is -0.869. The van der Waals surface area contributed by atoms with Crippen LogP contribution in [0.25, 0.3) is 0 Å². The van der Waals surface area contributed by atoms with Crippen LogP contribution < -0.4 is 5.73 Å². The molecule has 0 aliphatic heterocycles. The van der Waals surface area contributed by atoms with Crippen molar-refractivity contribution in [1.82, 2.24) is 0 Å². The summed E-state index contributed by atoms with van der Waals surface area (Å²) in [7, 11) is 0. The van der Waals surface area contributed by atoms with Crippen LogP contribution in [0.1, 0.15) is 24.8 Å². The second kappa shape index (κ2) is 7.45. The fourth-order valence-electron chi connectivity index (χ4n) is 1.51. The van der Waals surface area contributed by atoms with Crippen molar-refractivity contribution in [3.05, 3.63) is 29.8 Å². The number of aliphatic imine (C=N–C) groups is 1. The Morgan fingerprint density at radius 1 is 1.39 bits per heavy atom. The molecule has 0 saturated carbocycles. The number of nitrogens with two attached hydrogens (primary N) is 1. The average molecular weight is 250 g/mol. The predicted octanol–water partition coefficient (Wildman–Crippen LogP) is 1.39. The van der Waals surface area contributed by atoms with E-state index in [1.807, 2.05) is 0 Å². The number of hydrogen-bond donors (Lipinski definition) is 3. The van der Waals surface area contributed by atoms with Gasteiger partial charge in [-0.25, -0.2) is 4.79 Å². The van der Waals surface area contributed by atoms with Gasteiger partial charge in [0.1, 0.15) is 11.8 Å². The third kappa shape index (κ3) is 4.55. The first kappa shape index (κ1) is 14.2. The Bertz CT molecular complexity index is 418. The SMILES string of the molecule is NCCCCC(N=Cc1ccccc1O)C(=O)O.